The lowest BCUT2D eigenvalue weighted by molar-refractivity contribution is -0.140. The number of ether oxygens (including phenoxy) is 5. The average molecular weight is 512 g/mol. The number of methoxy groups -OCH3 is 2. The summed E-state index contributed by atoms with van der Waals surface area (Å²) in [7, 11) is 3.12. The van der Waals surface area contributed by atoms with Crippen molar-refractivity contribution in [3.63, 3.8) is 0 Å². The van der Waals surface area contributed by atoms with E-state index in [1.807, 2.05) is 0 Å². The molecule has 0 aromatic heterocycles. The maximum absolute atomic E-state index is 13.3. The highest BCUT2D eigenvalue weighted by Crippen LogP contribution is 2.43. The van der Waals surface area contributed by atoms with Crippen molar-refractivity contribution in [1.29, 1.82) is 0 Å². The van der Waals surface area contributed by atoms with E-state index in [0.717, 1.165) is 12.8 Å². The zero-order valence-electron chi connectivity index (χ0n) is 21.5. The Morgan fingerprint density at radius 2 is 1.78 bits per heavy atom. The van der Waals surface area contributed by atoms with Gasteiger partial charge in [0.05, 0.1) is 25.3 Å². The molecule has 2 aliphatic rings. The first-order valence-electron chi connectivity index (χ1n) is 12.5. The molecule has 37 heavy (non-hydrogen) atoms. The number of Topliss-reactive ketones (excluding diaryl/α,β-unsaturated/α-hetero) is 1. The summed E-state index contributed by atoms with van der Waals surface area (Å²) < 4.78 is 27.8. The number of rotatable bonds is 11. The Morgan fingerprint density at radius 1 is 1.00 bits per heavy atom. The van der Waals surface area contributed by atoms with Crippen LogP contribution >= 0.6 is 0 Å². The molecule has 0 bridgehead atoms. The van der Waals surface area contributed by atoms with Crippen molar-refractivity contribution in [3.05, 3.63) is 53.1 Å². The third kappa shape index (κ3) is 5.51. The topological polar surface area (TPSA) is 104 Å². The predicted octanol–water partition coefficient (Wildman–Crippen LogP) is 4.10. The van der Waals surface area contributed by atoms with E-state index in [1.54, 1.807) is 43.5 Å². The summed E-state index contributed by atoms with van der Waals surface area (Å²) in [5.74, 6) is 0.369. The number of fused-ring (bicyclic) bond motifs is 1. The first kappa shape index (κ1) is 26.3. The molecule has 2 heterocycles. The summed E-state index contributed by atoms with van der Waals surface area (Å²) in [6.45, 7) is 4.14. The number of ketones is 1. The quantitative estimate of drug-likeness (QED) is 0.208. The van der Waals surface area contributed by atoms with Gasteiger partial charge in [0, 0.05) is 25.8 Å². The van der Waals surface area contributed by atoms with Crippen LogP contribution in [-0.4, -0.2) is 68.9 Å². The van der Waals surface area contributed by atoms with Crippen LogP contribution in [0.15, 0.2) is 42.0 Å². The highest BCUT2D eigenvalue weighted by molar-refractivity contribution is 6.46. The molecule has 1 saturated heterocycles. The molecule has 1 unspecified atom stereocenters. The number of aliphatic hydroxyl groups excluding tert-OH is 1. The van der Waals surface area contributed by atoms with Gasteiger partial charge in [0.15, 0.2) is 23.0 Å². The first-order valence-corrected chi connectivity index (χ1v) is 12.5. The molecule has 1 amide bonds. The predicted molar refractivity (Wildman–Crippen MR) is 136 cm³/mol. The van der Waals surface area contributed by atoms with Crippen LogP contribution in [0.3, 0.4) is 0 Å². The van der Waals surface area contributed by atoms with Crippen molar-refractivity contribution in [2.75, 3.05) is 47.2 Å². The Labute approximate surface area is 216 Å². The molecule has 2 aromatic rings. The minimum atomic E-state index is -0.816. The van der Waals surface area contributed by atoms with E-state index in [-0.39, 0.29) is 17.9 Å². The van der Waals surface area contributed by atoms with Gasteiger partial charge < -0.3 is 33.7 Å². The van der Waals surface area contributed by atoms with Crippen molar-refractivity contribution in [3.8, 4) is 23.0 Å². The van der Waals surface area contributed by atoms with Crippen LogP contribution in [0.1, 0.15) is 43.4 Å². The van der Waals surface area contributed by atoms with E-state index in [2.05, 4.69) is 6.92 Å². The van der Waals surface area contributed by atoms with Gasteiger partial charge in [0.1, 0.15) is 19.0 Å². The average Bonchev–Trinajstić information content (AvgIpc) is 3.17. The van der Waals surface area contributed by atoms with Crippen molar-refractivity contribution >= 4 is 17.4 Å². The highest BCUT2D eigenvalue weighted by Gasteiger charge is 2.46. The van der Waals surface area contributed by atoms with Gasteiger partial charge >= 0.3 is 0 Å². The summed E-state index contributed by atoms with van der Waals surface area (Å²) in [5, 5.41) is 11.4. The molecule has 0 spiro atoms. The Morgan fingerprint density at radius 3 is 2.51 bits per heavy atom. The van der Waals surface area contributed by atoms with E-state index in [0.29, 0.717) is 67.0 Å². The minimum absolute atomic E-state index is 0.000740. The van der Waals surface area contributed by atoms with Crippen LogP contribution in [0.25, 0.3) is 5.76 Å². The molecule has 2 aromatic carbocycles. The number of carbonyl (C=O) groups is 2. The van der Waals surface area contributed by atoms with Crippen LogP contribution < -0.4 is 18.9 Å². The number of likely N-dealkylation sites (tertiary alicyclic amines) is 1. The van der Waals surface area contributed by atoms with E-state index in [1.165, 1.54) is 12.0 Å². The van der Waals surface area contributed by atoms with E-state index in [9.17, 15) is 14.7 Å². The van der Waals surface area contributed by atoms with Gasteiger partial charge in [-0.15, -0.1) is 0 Å². The van der Waals surface area contributed by atoms with E-state index in [4.69, 9.17) is 23.7 Å². The smallest absolute Gasteiger partial charge is 0.295 e. The number of amides is 1. The van der Waals surface area contributed by atoms with Crippen molar-refractivity contribution in [2.24, 2.45) is 0 Å². The Kier molecular flexibility index (Phi) is 8.55. The van der Waals surface area contributed by atoms with Gasteiger partial charge in [-0.25, -0.2) is 0 Å². The Bertz CT molecular complexity index is 1170. The molecule has 2 aliphatic heterocycles. The molecule has 0 saturated carbocycles. The largest absolute Gasteiger partial charge is 0.507 e. The number of unbranched alkanes of at least 4 members (excludes halogenated alkanes) is 1. The second kappa shape index (κ2) is 12.0. The van der Waals surface area contributed by atoms with Gasteiger partial charge in [-0.2, -0.15) is 0 Å². The molecule has 0 radical (unpaired) electrons. The number of aliphatic hydroxyl groups is 1. The van der Waals surface area contributed by atoms with Gasteiger partial charge in [0.25, 0.3) is 11.7 Å². The van der Waals surface area contributed by atoms with Gasteiger partial charge in [0.2, 0.25) is 0 Å². The zero-order chi connectivity index (χ0) is 26.4. The standard InChI is InChI=1S/C28H33NO8/c1-4-5-13-35-20-9-7-18(16-22(20)34-3)25-24(27(31)28(32)29(25)11-6-12-33-2)26(30)19-8-10-21-23(17-19)37-15-14-36-21/h7-10,16-17,25,30H,4-6,11-15H2,1-3H3/b26-24-. The SMILES string of the molecule is CCCCOc1ccc(C2/C(=C(/O)c3ccc4c(c3)OCCO4)C(=O)C(=O)N2CCCOC)cc1OC. The van der Waals surface area contributed by atoms with Crippen LogP contribution in [0.4, 0.5) is 0 Å². The lowest BCUT2D eigenvalue weighted by atomic mass is 9.94. The summed E-state index contributed by atoms with van der Waals surface area (Å²) in [5.41, 5.74) is 0.979. The fourth-order valence-corrected chi connectivity index (χ4v) is 4.48. The molecular formula is C28H33NO8. The number of benzene rings is 2. The van der Waals surface area contributed by atoms with Crippen LogP contribution in [0.5, 0.6) is 23.0 Å². The molecule has 1 fully saturated rings. The summed E-state index contributed by atoms with van der Waals surface area (Å²) in [6.07, 6.45) is 2.43. The summed E-state index contributed by atoms with van der Waals surface area (Å²) in [4.78, 5) is 27.9. The molecule has 9 nitrogen and oxygen atoms in total. The maximum Gasteiger partial charge on any atom is 0.295 e. The van der Waals surface area contributed by atoms with Gasteiger partial charge in [-0.05, 0) is 48.7 Å². The second-order valence-corrected chi connectivity index (χ2v) is 8.81. The van der Waals surface area contributed by atoms with Crippen LogP contribution in [0, 0.1) is 0 Å². The van der Waals surface area contributed by atoms with Crippen molar-refractivity contribution < 1.29 is 38.4 Å². The minimum Gasteiger partial charge on any atom is -0.507 e. The van der Waals surface area contributed by atoms with Crippen molar-refractivity contribution in [2.45, 2.75) is 32.2 Å². The molecule has 0 aliphatic carbocycles. The van der Waals surface area contributed by atoms with Crippen LogP contribution in [0.2, 0.25) is 0 Å². The normalized spacial score (nSPS) is 18.2. The molecule has 4 rings (SSSR count). The van der Waals surface area contributed by atoms with Gasteiger partial charge in [-0.1, -0.05) is 19.4 Å². The fraction of sp³-hybridized carbons (Fsp3) is 0.429. The molecule has 9 heteroatoms. The van der Waals surface area contributed by atoms with Crippen LogP contribution in [-0.2, 0) is 14.3 Å². The summed E-state index contributed by atoms with van der Waals surface area (Å²) >= 11 is 0. The molecular weight excluding hydrogens is 478 g/mol. The Hall–Kier alpha value is -3.72. The molecule has 1 atom stereocenters. The lowest BCUT2D eigenvalue weighted by Crippen LogP contribution is -2.31. The van der Waals surface area contributed by atoms with E-state index >= 15 is 0 Å². The number of hydrogen-bond acceptors (Lipinski definition) is 8. The monoisotopic (exact) mass is 511 g/mol. The second-order valence-electron chi connectivity index (χ2n) is 8.81. The zero-order valence-corrected chi connectivity index (χ0v) is 21.5. The molecule has 198 valence electrons. The number of nitrogens with zero attached hydrogens (tertiary/aromatic N) is 1. The van der Waals surface area contributed by atoms with Crippen molar-refractivity contribution in [1.82, 2.24) is 4.90 Å². The van der Waals surface area contributed by atoms with E-state index < -0.39 is 17.7 Å². The number of hydrogen-bond donors (Lipinski definition) is 1. The first-order chi connectivity index (χ1) is 18.0. The maximum atomic E-state index is 13.3. The molecule has 1 N–H and O–H groups in total. The van der Waals surface area contributed by atoms with Gasteiger partial charge in [-0.3, -0.25) is 9.59 Å². The third-order valence-electron chi connectivity index (χ3n) is 6.36. The summed E-state index contributed by atoms with van der Waals surface area (Å²) in [6, 6.07) is 9.43. The highest BCUT2D eigenvalue weighted by atomic mass is 16.6. The number of carbonyl (C=O) groups excluding carboxylic acids is 2. The lowest BCUT2D eigenvalue weighted by Gasteiger charge is -2.26. The fourth-order valence-electron chi connectivity index (χ4n) is 4.48. The third-order valence-corrected chi connectivity index (χ3v) is 6.36. The Balaban J connectivity index is 1.78.